The van der Waals surface area contributed by atoms with E-state index in [0.29, 0.717) is 12.1 Å². The molecule has 2 aromatic rings. The van der Waals surface area contributed by atoms with E-state index in [1.165, 1.54) is 18.0 Å². The standard InChI is InChI=1S/C17H19N3O4/c1-12-11-14(21)16(17(24)19(2)10-6-9-15(22)23)18-20(12)13-7-4-3-5-8-13/h3-5,7-8,11H,6,9-10H2,1-2H3,(H,22,23). The van der Waals surface area contributed by atoms with Crippen LogP contribution in [0.4, 0.5) is 0 Å². The van der Waals surface area contributed by atoms with Crippen LogP contribution in [0.2, 0.25) is 0 Å². The predicted octanol–water partition coefficient (Wildman–Crippen LogP) is 1.48. The van der Waals surface area contributed by atoms with E-state index in [2.05, 4.69) is 5.10 Å². The molecule has 1 N–H and O–H groups in total. The number of nitrogens with zero attached hydrogens (tertiary/aromatic N) is 3. The molecule has 7 heteroatoms. The van der Waals surface area contributed by atoms with Gasteiger partial charge in [-0.25, -0.2) is 4.68 Å². The molecule has 0 fully saturated rings. The van der Waals surface area contributed by atoms with Crippen molar-refractivity contribution >= 4 is 11.9 Å². The number of hydrogen-bond donors (Lipinski definition) is 1. The van der Waals surface area contributed by atoms with E-state index < -0.39 is 17.3 Å². The molecule has 0 saturated carbocycles. The van der Waals surface area contributed by atoms with Crippen molar-refractivity contribution in [3.05, 3.63) is 58.0 Å². The summed E-state index contributed by atoms with van der Waals surface area (Å²) < 4.78 is 1.54. The zero-order valence-corrected chi connectivity index (χ0v) is 13.6. The van der Waals surface area contributed by atoms with Gasteiger partial charge in [-0.15, -0.1) is 0 Å². The zero-order chi connectivity index (χ0) is 17.7. The highest BCUT2D eigenvalue weighted by atomic mass is 16.4. The van der Waals surface area contributed by atoms with Crippen LogP contribution in [-0.2, 0) is 4.79 Å². The van der Waals surface area contributed by atoms with Crippen molar-refractivity contribution in [3.63, 3.8) is 0 Å². The van der Waals surface area contributed by atoms with E-state index in [0.717, 1.165) is 5.69 Å². The van der Waals surface area contributed by atoms with Gasteiger partial charge in [-0.05, 0) is 25.5 Å². The lowest BCUT2D eigenvalue weighted by atomic mass is 10.2. The molecule has 1 aromatic heterocycles. The Hall–Kier alpha value is -2.96. The maximum Gasteiger partial charge on any atom is 0.303 e. The zero-order valence-electron chi connectivity index (χ0n) is 13.6. The number of rotatable bonds is 6. The molecule has 24 heavy (non-hydrogen) atoms. The first-order valence-electron chi connectivity index (χ1n) is 7.54. The summed E-state index contributed by atoms with van der Waals surface area (Å²) in [6.45, 7) is 1.98. The minimum absolute atomic E-state index is 0.0345. The van der Waals surface area contributed by atoms with E-state index in [4.69, 9.17) is 5.11 Å². The summed E-state index contributed by atoms with van der Waals surface area (Å²) >= 11 is 0. The molecule has 0 aliphatic rings. The van der Waals surface area contributed by atoms with Crippen LogP contribution in [0.25, 0.3) is 5.69 Å². The minimum atomic E-state index is -0.921. The molecule has 7 nitrogen and oxygen atoms in total. The van der Waals surface area contributed by atoms with Gasteiger partial charge in [0.2, 0.25) is 5.43 Å². The van der Waals surface area contributed by atoms with Crippen molar-refractivity contribution in [2.24, 2.45) is 0 Å². The van der Waals surface area contributed by atoms with Crippen molar-refractivity contribution < 1.29 is 14.7 Å². The summed E-state index contributed by atoms with van der Waals surface area (Å²) in [7, 11) is 1.53. The van der Waals surface area contributed by atoms with Crippen LogP contribution in [0, 0.1) is 6.92 Å². The SMILES string of the molecule is Cc1cc(=O)c(C(=O)N(C)CCCC(=O)O)nn1-c1ccccc1. The number of carbonyl (C=O) groups is 2. The van der Waals surface area contributed by atoms with E-state index >= 15 is 0 Å². The lowest BCUT2D eigenvalue weighted by molar-refractivity contribution is -0.137. The van der Waals surface area contributed by atoms with E-state index in [-0.39, 0.29) is 18.7 Å². The Morgan fingerprint density at radius 1 is 1.25 bits per heavy atom. The molecule has 0 unspecified atom stereocenters. The number of aryl methyl sites for hydroxylation is 1. The Labute approximate surface area is 139 Å². The molecule has 1 aromatic carbocycles. The quantitative estimate of drug-likeness (QED) is 0.866. The lowest BCUT2D eigenvalue weighted by Crippen LogP contribution is -2.34. The van der Waals surface area contributed by atoms with Crippen molar-refractivity contribution in [3.8, 4) is 5.69 Å². The summed E-state index contributed by atoms with van der Waals surface area (Å²) in [6.07, 6.45) is 0.281. The maximum atomic E-state index is 12.4. The van der Waals surface area contributed by atoms with Gasteiger partial charge in [0.05, 0.1) is 5.69 Å². The highest BCUT2D eigenvalue weighted by Crippen LogP contribution is 2.08. The van der Waals surface area contributed by atoms with Crippen LogP contribution < -0.4 is 5.43 Å². The van der Waals surface area contributed by atoms with Crippen molar-refractivity contribution in [1.29, 1.82) is 0 Å². The fourth-order valence-electron chi connectivity index (χ4n) is 2.28. The number of aromatic nitrogens is 2. The smallest absolute Gasteiger partial charge is 0.303 e. The Kier molecular flexibility index (Phi) is 5.47. The van der Waals surface area contributed by atoms with Crippen LogP contribution >= 0.6 is 0 Å². The highest BCUT2D eigenvalue weighted by molar-refractivity contribution is 5.91. The van der Waals surface area contributed by atoms with Crippen molar-refractivity contribution in [1.82, 2.24) is 14.7 Å². The Balaban J connectivity index is 2.28. The summed E-state index contributed by atoms with van der Waals surface area (Å²) in [5, 5.41) is 12.9. The molecule has 2 rings (SSSR count). The van der Waals surface area contributed by atoms with Gasteiger partial charge in [0.1, 0.15) is 0 Å². The number of aliphatic carboxylic acids is 1. The number of amides is 1. The average molecular weight is 329 g/mol. The Morgan fingerprint density at radius 2 is 1.92 bits per heavy atom. The summed E-state index contributed by atoms with van der Waals surface area (Å²) in [5.74, 6) is -1.44. The molecule has 1 amide bonds. The molecular formula is C17H19N3O4. The van der Waals surface area contributed by atoms with E-state index in [9.17, 15) is 14.4 Å². The van der Waals surface area contributed by atoms with Crippen LogP contribution in [0.15, 0.2) is 41.2 Å². The van der Waals surface area contributed by atoms with E-state index in [1.807, 2.05) is 30.3 Å². The van der Waals surface area contributed by atoms with Gasteiger partial charge in [-0.2, -0.15) is 5.10 Å². The predicted molar refractivity (Wildman–Crippen MR) is 88.4 cm³/mol. The molecule has 0 radical (unpaired) electrons. The molecule has 0 spiro atoms. The van der Waals surface area contributed by atoms with Gasteiger partial charge < -0.3 is 10.0 Å². The lowest BCUT2D eigenvalue weighted by Gasteiger charge is -2.17. The number of carbonyl (C=O) groups excluding carboxylic acids is 1. The van der Waals surface area contributed by atoms with Gasteiger partial charge in [0.25, 0.3) is 5.91 Å². The van der Waals surface area contributed by atoms with Gasteiger partial charge >= 0.3 is 5.97 Å². The number of hydrogen-bond acceptors (Lipinski definition) is 4. The van der Waals surface area contributed by atoms with Gasteiger partial charge in [0.15, 0.2) is 5.69 Å². The fraction of sp³-hybridized carbons (Fsp3) is 0.294. The molecule has 1 heterocycles. The van der Waals surface area contributed by atoms with Crippen LogP contribution in [0.5, 0.6) is 0 Å². The van der Waals surface area contributed by atoms with Crippen LogP contribution in [0.1, 0.15) is 29.0 Å². The fourth-order valence-corrected chi connectivity index (χ4v) is 2.28. The van der Waals surface area contributed by atoms with Crippen LogP contribution in [-0.4, -0.2) is 45.3 Å². The maximum absolute atomic E-state index is 12.4. The summed E-state index contributed by atoms with van der Waals surface area (Å²) in [4.78, 5) is 36.4. The van der Waals surface area contributed by atoms with Crippen molar-refractivity contribution in [2.45, 2.75) is 19.8 Å². The van der Waals surface area contributed by atoms with Gasteiger partial charge in [-0.3, -0.25) is 14.4 Å². The third-order valence-electron chi connectivity index (χ3n) is 3.54. The van der Waals surface area contributed by atoms with Crippen molar-refractivity contribution in [2.75, 3.05) is 13.6 Å². The van der Waals surface area contributed by atoms with Crippen LogP contribution in [0.3, 0.4) is 0 Å². The van der Waals surface area contributed by atoms with E-state index in [1.54, 1.807) is 11.6 Å². The molecule has 0 saturated heterocycles. The molecule has 0 bridgehead atoms. The first-order chi connectivity index (χ1) is 11.4. The second-order valence-corrected chi connectivity index (χ2v) is 5.47. The third kappa shape index (κ3) is 4.07. The largest absolute Gasteiger partial charge is 0.481 e. The molecule has 126 valence electrons. The minimum Gasteiger partial charge on any atom is -0.481 e. The number of benzene rings is 1. The number of carboxylic acid groups (broad SMARTS) is 1. The number of carboxylic acids is 1. The average Bonchev–Trinajstić information content (AvgIpc) is 2.54. The topological polar surface area (TPSA) is 92.5 Å². The Morgan fingerprint density at radius 3 is 2.54 bits per heavy atom. The molecule has 0 atom stereocenters. The first-order valence-corrected chi connectivity index (χ1v) is 7.54. The monoisotopic (exact) mass is 329 g/mol. The van der Waals surface area contributed by atoms with Gasteiger partial charge in [-0.1, -0.05) is 18.2 Å². The second-order valence-electron chi connectivity index (χ2n) is 5.47. The van der Waals surface area contributed by atoms with Gasteiger partial charge in [0, 0.05) is 31.8 Å². The first kappa shape index (κ1) is 17.4. The molecular weight excluding hydrogens is 310 g/mol. The summed E-state index contributed by atoms with van der Waals surface area (Å²) in [5.41, 5.74) is 0.742. The number of para-hydroxylation sites is 1. The highest BCUT2D eigenvalue weighted by Gasteiger charge is 2.19. The molecule has 0 aliphatic carbocycles. The molecule has 0 aliphatic heterocycles. The Bertz CT molecular complexity index is 799. The second kappa shape index (κ2) is 7.54. The normalized spacial score (nSPS) is 10.4. The third-order valence-corrected chi connectivity index (χ3v) is 3.54. The summed E-state index contributed by atoms with van der Waals surface area (Å²) in [6, 6.07) is 10.6.